The molecule has 0 radical (unpaired) electrons. The molecule has 0 bridgehead atoms. The van der Waals surface area contributed by atoms with Crippen LogP contribution in [-0.2, 0) is 14.3 Å². The summed E-state index contributed by atoms with van der Waals surface area (Å²) in [6.07, 6.45) is 1.50. The molecular formula is C27H24BrN3O5. The molecule has 8 nitrogen and oxygen atoms in total. The standard InChI is InChI=1S/C27H24BrN3O5/c1-5-36-26(34)18-6-9-21(10-7-18)30-16(3)13-19(17(30)4)14-22-24(32)29-27(35)31(25(22)33)23-11-8-20(28)12-15(23)2/h6-14H,5H2,1-4H3,(H,29,32,35)/b22-14+. The van der Waals surface area contributed by atoms with E-state index in [1.165, 1.54) is 6.08 Å². The number of esters is 1. The summed E-state index contributed by atoms with van der Waals surface area (Å²) in [6, 6.07) is 13.2. The normalized spacial score (nSPS) is 14.9. The first-order chi connectivity index (χ1) is 17.1. The maximum absolute atomic E-state index is 13.3. The fourth-order valence-corrected chi connectivity index (χ4v) is 4.67. The number of carbonyl (C=O) groups is 4. The molecular weight excluding hydrogens is 526 g/mol. The van der Waals surface area contributed by atoms with Crippen LogP contribution in [0.1, 0.15) is 39.8 Å². The summed E-state index contributed by atoms with van der Waals surface area (Å²) in [5.74, 6) is -1.84. The Hall–Kier alpha value is -3.98. The number of hydrogen-bond acceptors (Lipinski definition) is 5. The van der Waals surface area contributed by atoms with Crippen molar-refractivity contribution in [2.75, 3.05) is 11.5 Å². The second-order valence-electron chi connectivity index (χ2n) is 8.32. The monoisotopic (exact) mass is 549 g/mol. The lowest BCUT2D eigenvalue weighted by molar-refractivity contribution is -0.122. The van der Waals surface area contributed by atoms with Gasteiger partial charge in [0.15, 0.2) is 0 Å². The molecule has 0 saturated carbocycles. The van der Waals surface area contributed by atoms with Crippen LogP contribution in [0.5, 0.6) is 0 Å². The molecule has 9 heteroatoms. The number of aromatic nitrogens is 1. The van der Waals surface area contributed by atoms with Crippen LogP contribution in [0.3, 0.4) is 0 Å². The molecule has 0 spiro atoms. The molecule has 4 rings (SSSR count). The summed E-state index contributed by atoms with van der Waals surface area (Å²) in [5, 5.41) is 2.27. The highest BCUT2D eigenvalue weighted by molar-refractivity contribution is 9.10. The smallest absolute Gasteiger partial charge is 0.338 e. The number of anilines is 1. The van der Waals surface area contributed by atoms with Gasteiger partial charge in [-0.15, -0.1) is 0 Å². The van der Waals surface area contributed by atoms with Crippen LogP contribution in [0, 0.1) is 20.8 Å². The van der Waals surface area contributed by atoms with Crippen molar-refractivity contribution in [3.63, 3.8) is 0 Å². The minimum Gasteiger partial charge on any atom is -0.462 e. The van der Waals surface area contributed by atoms with Crippen molar-refractivity contribution in [3.8, 4) is 5.69 Å². The van der Waals surface area contributed by atoms with Gasteiger partial charge in [-0.1, -0.05) is 15.9 Å². The van der Waals surface area contributed by atoms with Gasteiger partial charge >= 0.3 is 12.0 Å². The van der Waals surface area contributed by atoms with E-state index in [0.717, 1.165) is 26.4 Å². The Morgan fingerprint density at radius 1 is 1.03 bits per heavy atom. The van der Waals surface area contributed by atoms with Crippen LogP contribution in [0.2, 0.25) is 0 Å². The van der Waals surface area contributed by atoms with Crippen LogP contribution in [0.4, 0.5) is 10.5 Å². The zero-order valence-corrected chi connectivity index (χ0v) is 21.8. The van der Waals surface area contributed by atoms with Crippen molar-refractivity contribution in [1.82, 2.24) is 9.88 Å². The second-order valence-corrected chi connectivity index (χ2v) is 9.23. The number of nitrogens with one attached hydrogen (secondary N) is 1. The zero-order valence-electron chi connectivity index (χ0n) is 20.2. The number of aryl methyl sites for hydroxylation is 2. The lowest BCUT2D eigenvalue weighted by Gasteiger charge is -2.27. The number of benzene rings is 2. The van der Waals surface area contributed by atoms with Gasteiger partial charge in [-0.3, -0.25) is 14.9 Å². The number of carbonyl (C=O) groups excluding carboxylic acids is 4. The molecule has 0 unspecified atom stereocenters. The van der Waals surface area contributed by atoms with E-state index in [9.17, 15) is 19.2 Å². The van der Waals surface area contributed by atoms with Crippen molar-refractivity contribution in [3.05, 3.63) is 86.7 Å². The van der Waals surface area contributed by atoms with Crippen molar-refractivity contribution in [2.24, 2.45) is 0 Å². The number of nitrogens with zero attached hydrogens (tertiary/aromatic N) is 2. The van der Waals surface area contributed by atoms with E-state index >= 15 is 0 Å². The first kappa shape index (κ1) is 25.1. The lowest BCUT2D eigenvalue weighted by Crippen LogP contribution is -2.54. The van der Waals surface area contributed by atoms with Crippen molar-refractivity contribution in [2.45, 2.75) is 27.7 Å². The Morgan fingerprint density at radius 2 is 1.72 bits per heavy atom. The van der Waals surface area contributed by atoms with E-state index in [-0.39, 0.29) is 5.57 Å². The summed E-state index contributed by atoms with van der Waals surface area (Å²) in [6.45, 7) is 7.59. The van der Waals surface area contributed by atoms with Gasteiger partial charge in [0.1, 0.15) is 5.57 Å². The highest BCUT2D eigenvalue weighted by atomic mass is 79.9. The third-order valence-corrected chi connectivity index (χ3v) is 6.40. The Bertz CT molecular complexity index is 1440. The number of halogens is 1. The van der Waals surface area contributed by atoms with Gasteiger partial charge in [0.05, 0.1) is 17.9 Å². The Kier molecular flexibility index (Phi) is 6.94. The molecule has 4 amide bonds. The Morgan fingerprint density at radius 3 is 2.36 bits per heavy atom. The van der Waals surface area contributed by atoms with E-state index in [1.54, 1.807) is 56.3 Å². The number of ether oxygens (including phenoxy) is 1. The molecule has 36 heavy (non-hydrogen) atoms. The van der Waals surface area contributed by atoms with Crippen LogP contribution < -0.4 is 10.2 Å². The van der Waals surface area contributed by atoms with Gasteiger partial charge in [-0.2, -0.15) is 0 Å². The van der Waals surface area contributed by atoms with Crippen molar-refractivity contribution < 1.29 is 23.9 Å². The summed E-state index contributed by atoms with van der Waals surface area (Å²) >= 11 is 3.38. The third-order valence-electron chi connectivity index (χ3n) is 5.91. The summed E-state index contributed by atoms with van der Waals surface area (Å²) < 4.78 is 7.80. The first-order valence-corrected chi connectivity index (χ1v) is 12.1. The number of hydrogen-bond donors (Lipinski definition) is 1. The molecule has 1 N–H and O–H groups in total. The quantitative estimate of drug-likeness (QED) is 0.274. The van der Waals surface area contributed by atoms with Gasteiger partial charge in [-0.05, 0) is 93.4 Å². The molecule has 2 heterocycles. The molecule has 184 valence electrons. The Labute approximate surface area is 216 Å². The number of rotatable bonds is 5. The van der Waals surface area contributed by atoms with E-state index < -0.39 is 23.8 Å². The minimum atomic E-state index is -0.792. The van der Waals surface area contributed by atoms with Crippen LogP contribution in [0.15, 0.2) is 58.6 Å². The number of barbiturate groups is 1. The SMILES string of the molecule is CCOC(=O)c1ccc(-n2c(C)cc(/C=C3\C(=O)NC(=O)N(c4ccc(Br)cc4C)C3=O)c2C)cc1. The summed E-state index contributed by atoms with van der Waals surface area (Å²) in [5.41, 5.74) is 4.51. The van der Waals surface area contributed by atoms with E-state index in [1.807, 2.05) is 24.5 Å². The van der Waals surface area contributed by atoms with Crippen LogP contribution in [0.25, 0.3) is 11.8 Å². The van der Waals surface area contributed by atoms with E-state index in [4.69, 9.17) is 4.74 Å². The maximum atomic E-state index is 13.3. The number of urea groups is 1. The average Bonchev–Trinajstić information content (AvgIpc) is 3.10. The van der Waals surface area contributed by atoms with E-state index in [2.05, 4.69) is 21.2 Å². The predicted octanol–water partition coefficient (Wildman–Crippen LogP) is 5.01. The minimum absolute atomic E-state index is 0.144. The molecule has 2 aromatic carbocycles. The van der Waals surface area contributed by atoms with Gasteiger partial charge in [-0.25, -0.2) is 14.5 Å². The highest BCUT2D eigenvalue weighted by Gasteiger charge is 2.37. The fraction of sp³-hybridized carbons (Fsp3) is 0.185. The summed E-state index contributed by atoms with van der Waals surface area (Å²) in [4.78, 5) is 51.5. The molecule has 1 aliphatic heterocycles. The topological polar surface area (TPSA) is 97.7 Å². The van der Waals surface area contributed by atoms with Crippen LogP contribution in [-0.4, -0.2) is 35.0 Å². The largest absolute Gasteiger partial charge is 0.462 e. The fourth-order valence-electron chi connectivity index (χ4n) is 4.19. The van der Waals surface area contributed by atoms with Crippen LogP contribution >= 0.6 is 15.9 Å². The first-order valence-electron chi connectivity index (χ1n) is 11.3. The maximum Gasteiger partial charge on any atom is 0.338 e. The second kappa shape index (κ2) is 9.94. The number of amides is 4. The van der Waals surface area contributed by atoms with Crippen molar-refractivity contribution in [1.29, 1.82) is 0 Å². The van der Waals surface area contributed by atoms with E-state index in [0.29, 0.717) is 29.0 Å². The molecule has 1 aliphatic rings. The highest BCUT2D eigenvalue weighted by Crippen LogP contribution is 2.29. The molecule has 1 aromatic heterocycles. The summed E-state index contributed by atoms with van der Waals surface area (Å²) in [7, 11) is 0. The van der Waals surface area contributed by atoms with Crippen molar-refractivity contribution >= 4 is 51.5 Å². The zero-order chi connectivity index (χ0) is 26.1. The van der Waals surface area contributed by atoms with Gasteiger partial charge < -0.3 is 9.30 Å². The van der Waals surface area contributed by atoms with Gasteiger partial charge in [0, 0.05) is 21.5 Å². The molecule has 0 aliphatic carbocycles. The molecule has 1 saturated heterocycles. The Balaban J connectivity index is 1.71. The average molecular weight is 550 g/mol. The van der Waals surface area contributed by atoms with Gasteiger partial charge in [0.2, 0.25) is 0 Å². The molecule has 0 atom stereocenters. The molecule has 1 fully saturated rings. The third kappa shape index (κ3) is 4.61. The molecule has 3 aromatic rings. The number of imide groups is 2. The predicted molar refractivity (Wildman–Crippen MR) is 139 cm³/mol. The van der Waals surface area contributed by atoms with Gasteiger partial charge in [0.25, 0.3) is 11.8 Å². The lowest BCUT2D eigenvalue weighted by atomic mass is 10.1.